The Morgan fingerprint density at radius 3 is 1.18 bits per heavy atom. The van der Waals surface area contributed by atoms with E-state index < -0.39 is 0 Å². The molecule has 0 spiro atoms. The fourth-order valence-corrected chi connectivity index (χ4v) is 0.760. The molecule has 3 N–H and O–H groups in total. The summed E-state index contributed by atoms with van der Waals surface area (Å²) in [6.45, 7) is 1.75. The van der Waals surface area contributed by atoms with Crippen LogP contribution in [-0.2, 0) is 19.5 Å². The fourth-order valence-electron chi connectivity index (χ4n) is 0.760. The quantitative estimate of drug-likeness (QED) is 0.460. The first kappa shape index (κ1) is 14.0. The minimum absolute atomic E-state index is 0. The van der Waals surface area contributed by atoms with Gasteiger partial charge in [-0.15, -0.1) is 0 Å². The van der Waals surface area contributed by atoms with E-state index in [1.807, 2.05) is 0 Å². The Bertz CT molecular complexity index is 60.6. The summed E-state index contributed by atoms with van der Waals surface area (Å²) < 4.78 is 0. The Hall–Kier alpha value is 0.463. The van der Waals surface area contributed by atoms with Crippen molar-refractivity contribution in [2.24, 2.45) is 0 Å². The molecule has 0 aromatic heterocycles. The maximum atomic E-state index is 8.48. The smallest absolute Gasteiger partial charge is 0.0558 e. The second-order valence-electron chi connectivity index (χ2n) is 2.01. The van der Waals surface area contributed by atoms with Crippen LogP contribution in [0.25, 0.3) is 0 Å². The minimum atomic E-state index is 0. The molecule has 4 nitrogen and oxygen atoms in total. The molecule has 0 rings (SSSR count). The fraction of sp³-hybridized carbons (Fsp3) is 1.00. The number of hydrogen-bond donors (Lipinski definition) is 3. The van der Waals surface area contributed by atoms with Crippen LogP contribution in [0.1, 0.15) is 0 Å². The number of hydrogen-bond acceptors (Lipinski definition) is 4. The van der Waals surface area contributed by atoms with Crippen LogP contribution in [0.4, 0.5) is 0 Å². The molecule has 0 saturated heterocycles. The largest absolute Gasteiger partial charge is 0.395 e. The first-order valence-corrected chi connectivity index (χ1v) is 3.40. The van der Waals surface area contributed by atoms with E-state index in [1.54, 1.807) is 4.90 Å². The summed E-state index contributed by atoms with van der Waals surface area (Å²) in [5.74, 6) is 0. The molecule has 0 amide bonds. The van der Waals surface area contributed by atoms with Gasteiger partial charge in [0.25, 0.3) is 0 Å². The molecule has 11 heavy (non-hydrogen) atoms. The summed E-state index contributed by atoms with van der Waals surface area (Å²) in [6.07, 6.45) is 0. The average Bonchev–Trinajstić information content (AvgIpc) is 1.90. The van der Waals surface area contributed by atoms with Crippen molar-refractivity contribution in [3.05, 3.63) is 0 Å². The Labute approximate surface area is 79.6 Å². The number of aliphatic hydroxyl groups excluding tert-OH is 3. The van der Waals surface area contributed by atoms with Crippen molar-refractivity contribution in [2.45, 2.75) is 0 Å². The Morgan fingerprint density at radius 2 is 1.00 bits per heavy atom. The van der Waals surface area contributed by atoms with Crippen LogP contribution >= 0.6 is 0 Å². The third-order valence-electron chi connectivity index (χ3n) is 1.25. The zero-order valence-corrected chi connectivity index (χ0v) is 9.71. The van der Waals surface area contributed by atoms with Crippen LogP contribution in [0.2, 0.25) is 0 Å². The van der Waals surface area contributed by atoms with E-state index in [1.165, 1.54) is 0 Å². The maximum Gasteiger partial charge on any atom is 0.0558 e. The van der Waals surface area contributed by atoms with Crippen molar-refractivity contribution in [1.29, 1.82) is 0 Å². The molecule has 5 heteroatoms. The molecule has 0 atom stereocenters. The minimum Gasteiger partial charge on any atom is -0.395 e. The molecule has 0 radical (unpaired) electrons. The van der Waals surface area contributed by atoms with Crippen molar-refractivity contribution in [3.63, 3.8) is 0 Å². The molecule has 64 valence electrons. The number of rotatable bonds is 6. The summed E-state index contributed by atoms with van der Waals surface area (Å²) in [5, 5.41) is 25.5. The van der Waals surface area contributed by atoms with Gasteiger partial charge in [0.05, 0.1) is 19.8 Å². The van der Waals surface area contributed by atoms with Crippen LogP contribution in [0, 0.1) is 0 Å². The van der Waals surface area contributed by atoms with E-state index in [9.17, 15) is 0 Å². The molecule has 0 aromatic rings. The Kier molecular flexibility index (Phi) is 13.3. The SMILES string of the molecule is OCCN(CCO)CCO.[Zn]. The normalized spacial score (nSPS) is 9.82. The van der Waals surface area contributed by atoms with Gasteiger partial charge in [0.1, 0.15) is 0 Å². The zero-order chi connectivity index (χ0) is 7.82. The maximum absolute atomic E-state index is 8.48. The Balaban J connectivity index is 0. The van der Waals surface area contributed by atoms with E-state index in [4.69, 9.17) is 15.3 Å². The van der Waals surface area contributed by atoms with Crippen LogP contribution in [0.15, 0.2) is 0 Å². The van der Waals surface area contributed by atoms with Gasteiger partial charge < -0.3 is 15.3 Å². The monoisotopic (exact) mass is 213 g/mol. The van der Waals surface area contributed by atoms with Crippen molar-refractivity contribution >= 4 is 0 Å². The molecule has 0 aliphatic heterocycles. The summed E-state index contributed by atoms with van der Waals surface area (Å²) >= 11 is 0. The molecule has 0 heterocycles. The average molecular weight is 215 g/mol. The molecule has 0 bridgehead atoms. The van der Waals surface area contributed by atoms with Gasteiger partial charge >= 0.3 is 0 Å². The van der Waals surface area contributed by atoms with Crippen molar-refractivity contribution in [3.8, 4) is 0 Å². The number of nitrogens with zero attached hydrogens (tertiary/aromatic N) is 1. The van der Waals surface area contributed by atoms with E-state index in [2.05, 4.69) is 0 Å². The van der Waals surface area contributed by atoms with Gasteiger partial charge in [0.2, 0.25) is 0 Å². The molecular formula is C6H15NO3Zn. The summed E-state index contributed by atoms with van der Waals surface area (Å²) in [7, 11) is 0. The van der Waals surface area contributed by atoms with E-state index in [0.717, 1.165) is 0 Å². The molecule has 0 fully saturated rings. The molecule has 0 aliphatic carbocycles. The molecule has 0 saturated carbocycles. The van der Waals surface area contributed by atoms with Crippen LogP contribution < -0.4 is 0 Å². The molecule has 0 aromatic carbocycles. The second-order valence-corrected chi connectivity index (χ2v) is 2.01. The zero-order valence-electron chi connectivity index (χ0n) is 6.74. The van der Waals surface area contributed by atoms with Gasteiger partial charge in [-0.2, -0.15) is 0 Å². The summed E-state index contributed by atoms with van der Waals surface area (Å²) in [4.78, 5) is 1.79. The van der Waals surface area contributed by atoms with Crippen LogP contribution in [-0.4, -0.2) is 59.7 Å². The summed E-state index contributed by atoms with van der Waals surface area (Å²) in [6, 6.07) is 0. The first-order chi connectivity index (χ1) is 4.85. The van der Waals surface area contributed by atoms with Gasteiger partial charge in [-0.3, -0.25) is 4.90 Å². The predicted octanol–water partition coefficient (Wildman–Crippen LogP) is -1.74. The van der Waals surface area contributed by atoms with Crippen molar-refractivity contribution in [2.75, 3.05) is 39.5 Å². The molecular weight excluding hydrogens is 199 g/mol. The van der Waals surface area contributed by atoms with Gasteiger partial charge in [-0.25, -0.2) is 0 Å². The topological polar surface area (TPSA) is 63.9 Å². The summed E-state index contributed by atoms with van der Waals surface area (Å²) in [5.41, 5.74) is 0. The van der Waals surface area contributed by atoms with Gasteiger partial charge in [-0.1, -0.05) is 0 Å². The predicted molar refractivity (Wildman–Crippen MR) is 37.7 cm³/mol. The standard InChI is InChI=1S/C6H15NO3.Zn/c8-4-1-7(2-5-9)3-6-10;/h8-10H,1-6H2;. The first-order valence-electron chi connectivity index (χ1n) is 3.40. The third kappa shape index (κ3) is 8.37. The second kappa shape index (κ2) is 10.5. The van der Waals surface area contributed by atoms with E-state index in [0.29, 0.717) is 19.6 Å². The Morgan fingerprint density at radius 1 is 0.727 bits per heavy atom. The third-order valence-corrected chi connectivity index (χ3v) is 1.25. The van der Waals surface area contributed by atoms with Gasteiger partial charge in [0, 0.05) is 39.1 Å². The van der Waals surface area contributed by atoms with E-state index >= 15 is 0 Å². The number of aliphatic hydroxyl groups is 3. The molecule has 0 aliphatic rings. The van der Waals surface area contributed by atoms with Crippen LogP contribution in [0.5, 0.6) is 0 Å². The van der Waals surface area contributed by atoms with Gasteiger partial charge in [-0.05, 0) is 0 Å². The van der Waals surface area contributed by atoms with E-state index in [-0.39, 0.29) is 39.3 Å². The van der Waals surface area contributed by atoms with Crippen LogP contribution in [0.3, 0.4) is 0 Å². The van der Waals surface area contributed by atoms with Gasteiger partial charge in [0.15, 0.2) is 0 Å². The van der Waals surface area contributed by atoms with Crippen molar-refractivity contribution in [1.82, 2.24) is 4.90 Å². The van der Waals surface area contributed by atoms with Crippen molar-refractivity contribution < 1.29 is 34.8 Å². The molecule has 0 unspecified atom stereocenters.